The minimum atomic E-state index is -0.459. The molecule has 0 unspecified atom stereocenters. The van der Waals surface area contributed by atoms with Gasteiger partial charge in [0.05, 0.1) is 12.2 Å². The van der Waals surface area contributed by atoms with Crippen LogP contribution in [-0.4, -0.2) is 15.5 Å². The number of carbonyl (C=O) groups excluding carboxylic acids is 1. The van der Waals surface area contributed by atoms with Crippen LogP contribution in [0, 0.1) is 6.92 Å². The summed E-state index contributed by atoms with van der Waals surface area (Å²) in [6, 6.07) is 10.4. The minimum absolute atomic E-state index is 0.0827. The first kappa shape index (κ1) is 16.4. The Balaban J connectivity index is 1.83. The Morgan fingerprint density at radius 2 is 2.04 bits per heavy atom. The van der Waals surface area contributed by atoms with Crippen molar-refractivity contribution in [1.29, 1.82) is 0 Å². The standard InChI is InChI=1S/C17H14ClN3O2S/c1-11-10-24-17(19-11)20-15(22)14-3-2-8-21(16(14)23)9-12-4-6-13(18)7-5-12/h2-8,10H,9H2,1H3,(H,19,20,22). The van der Waals surface area contributed by atoms with Gasteiger partial charge in [-0.25, -0.2) is 4.98 Å². The first-order valence-corrected chi connectivity index (χ1v) is 8.46. The van der Waals surface area contributed by atoms with Gasteiger partial charge in [-0.3, -0.25) is 14.9 Å². The summed E-state index contributed by atoms with van der Waals surface area (Å²) in [6.07, 6.45) is 1.65. The highest BCUT2D eigenvalue weighted by molar-refractivity contribution is 7.13. The number of hydrogen-bond donors (Lipinski definition) is 1. The number of nitrogens with one attached hydrogen (secondary N) is 1. The van der Waals surface area contributed by atoms with Crippen molar-refractivity contribution in [2.75, 3.05) is 5.32 Å². The molecule has 0 spiro atoms. The second-order valence-electron chi connectivity index (χ2n) is 5.23. The van der Waals surface area contributed by atoms with Crippen molar-refractivity contribution in [3.63, 3.8) is 0 Å². The molecule has 0 saturated heterocycles. The summed E-state index contributed by atoms with van der Waals surface area (Å²) in [5, 5.41) is 5.60. The van der Waals surface area contributed by atoms with E-state index in [1.807, 2.05) is 24.4 Å². The third-order valence-corrected chi connectivity index (χ3v) is 4.50. The van der Waals surface area contributed by atoms with Crippen LogP contribution in [0.5, 0.6) is 0 Å². The van der Waals surface area contributed by atoms with E-state index in [1.54, 1.807) is 24.4 Å². The molecule has 0 bridgehead atoms. The Labute approximate surface area is 147 Å². The molecule has 7 heteroatoms. The summed E-state index contributed by atoms with van der Waals surface area (Å²) in [5.74, 6) is -0.459. The maximum absolute atomic E-state index is 12.5. The maximum Gasteiger partial charge on any atom is 0.263 e. The molecular formula is C17H14ClN3O2S. The largest absolute Gasteiger partial charge is 0.310 e. The number of pyridine rings is 1. The lowest BCUT2D eigenvalue weighted by Crippen LogP contribution is -2.29. The van der Waals surface area contributed by atoms with E-state index in [1.165, 1.54) is 22.0 Å². The van der Waals surface area contributed by atoms with Gasteiger partial charge in [-0.2, -0.15) is 0 Å². The first-order valence-electron chi connectivity index (χ1n) is 7.20. The van der Waals surface area contributed by atoms with E-state index < -0.39 is 5.91 Å². The Kier molecular flexibility index (Phi) is 4.78. The van der Waals surface area contributed by atoms with Gasteiger partial charge in [0.25, 0.3) is 11.5 Å². The van der Waals surface area contributed by atoms with E-state index in [-0.39, 0.29) is 11.1 Å². The Hall–Kier alpha value is -2.44. The van der Waals surface area contributed by atoms with Gasteiger partial charge < -0.3 is 4.57 Å². The third-order valence-electron chi connectivity index (χ3n) is 3.37. The van der Waals surface area contributed by atoms with Gasteiger partial charge in [0.1, 0.15) is 5.56 Å². The average Bonchev–Trinajstić information content (AvgIpc) is 2.96. The highest BCUT2D eigenvalue weighted by atomic mass is 35.5. The highest BCUT2D eigenvalue weighted by Crippen LogP contribution is 2.15. The summed E-state index contributed by atoms with van der Waals surface area (Å²) >= 11 is 7.19. The lowest BCUT2D eigenvalue weighted by Gasteiger charge is -2.08. The molecule has 3 rings (SSSR count). The molecule has 0 saturated carbocycles. The highest BCUT2D eigenvalue weighted by Gasteiger charge is 2.14. The van der Waals surface area contributed by atoms with Crippen LogP contribution in [-0.2, 0) is 6.54 Å². The Morgan fingerprint density at radius 3 is 2.71 bits per heavy atom. The van der Waals surface area contributed by atoms with Crippen LogP contribution in [0.4, 0.5) is 5.13 Å². The van der Waals surface area contributed by atoms with Crippen LogP contribution in [0.2, 0.25) is 5.02 Å². The zero-order chi connectivity index (χ0) is 17.1. The molecule has 0 aliphatic rings. The van der Waals surface area contributed by atoms with Gasteiger partial charge in [-0.1, -0.05) is 23.7 Å². The summed E-state index contributed by atoms with van der Waals surface area (Å²) in [5.41, 5.74) is 1.48. The average molecular weight is 360 g/mol. The zero-order valence-corrected chi connectivity index (χ0v) is 14.4. The van der Waals surface area contributed by atoms with Crippen LogP contribution < -0.4 is 10.9 Å². The van der Waals surface area contributed by atoms with E-state index in [0.29, 0.717) is 16.7 Å². The molecule has 2 heterocycles. The molecule has 1 aromatic carbocycles. The quantitative estimate of drug-likeness (QED) is 0.774. The summed E-state index contributed by atoms with van der Waals surface area (Å²) < 4.78 is 1.49. The molecule has 5 nitrogen and oxygen atoms in total. The number of carbonyl (C=O) groups is 1. The number of aromatic nitrogens is 2. The molecule has 24 heavy (non-hydrogen) atoms. The van der Waals surface area contributed by atoms with Crippen molar-refractivity contribution < 1.29 is 4.79 Å². The summed E-state index contributed by atoms with van der Waals surface area (Å²) in [6.45, 7) is 2.21. The second kappa shape index (κ2) is 6.98. The number of benzene rings is 1. The van der Waals surface area contributed by atoms with Crippen molar-refractivity contribution in [2.24, 2.45) is 0 Å². The third kappa shape index (κ3) is 3.72. The van der Waals surface area contributed by atoms with Crippen molar-refractivity contribution in [1.82, 2.24) is 9.55 Å². The number of halogens is 1. The summed E-state index contributed by atoms with van der Waals surface area (Å²) in [4.78, 5) is 29.0. The lowest BCUT2D eigenvalue weighted by molar-refractivity contribution is 0.102. The van der Waals surface area contributed by atoms with Crippen molar-refractivity contribution in [3.05, 3.63) is 80.2 Å². The predicted molar refractivity (Wildman–Crippen MR) is 96.1 cm³/mol. The van der Waals surface area contributed by atoms with E-state index in [0.717, 1.165) is 11.3 Å². The molecule has 0 aliphatic heterocycles. The molecule has 1 amide bonds. The van der Waals surface area contributed by atoms with Gasteiger partial charge in [0.15, 0.2) is 5.13 Å². The number of hydrogen-bond acceptors (Lipinski definition) is 4. The fourth-order valence-corrected chi connectivity index (χ4v) is 3.01. The van der Waals surface area contributed by atoms with E-state index >= 15 is 0 Å². The second-order valence-corrected chi connectivity index (χ2v) is 6.52. The zero-order valence-electron chi connectivity index (χ0n) is 12.8. The fourth-order valence-electron chi connectivity index (χ4n) is 2.20. The molecule has 0 aliphatic carbocycles. The molecule has 1 N–H and O–H groups in total. The molecule has 122 valence electrons. The van der Waals surface area contributed by atoms with Crippen LogP contribution in [0.1, 0.15) is 21.6 Å². The van der Waals surface area contributed by atoms with E-state index in [2.05, 4.69) is 10.3 Å². The Morgan fingerprint density at radius 1 is 1.29 bits per heavy atom. The Bertz CT molecular complexity index is 932. The van der Waals surface area contributed by atoms with Crippen LogP contribution in [0.3, 0.4) is 0 Å². The molecule has 0 fully saturated rings. The number of aryl methyl sites for hydroxylation is 1. The number of rotatable bonds is 4. The smallest absolute Gasteiger partial charge is 0.263 e. The monoisotopic (exact) mass is 359 g/mol. The van der Waals surface area contributed by atoms with Crippen LogP contribution in [0.25, 0.3) is 0 Å². The van der Waals surface area contributed by atoms with Crippen LogP contribution in [0.15, 0.2) is 52.8 Å². The number of thiazole rings is 1. The molecule has 2 aromatic heterocycles. The van der Waals surface area contributed by atoms with Gasteiger partial charge in [0.2, 0.25) is 0 Å². The minimum Gasteiger partial charge on any atom is -0.310 e. The molecule has 0 radical (unpaired) electrons. The maximum atomic E-state index is 12.5. The normalized spacial score (nSPS) is 10.6. The van der Waals surface area contributed by atoms with Crippen LogP contribution >= 0.6 is 22.9 Å². The molecule has 3 aromatic rings. The summed E-state index contributed by atoms with van der Waals surface area (Å²) in [7, 11) is 0. The van der Waals surface area contributed by atoms with Gasteiger partial charge >= 0.3 is 0 Å². The van der Waals surface area contributed by atoms with Crippen molar-refractivity contribution in [3.8, 4) is 0 Å². The number of nitrogens with zero attached hydrogens (tertiary/aromatic N) is 2. The van der Waals surface area contributed by atoms with E-state index in [4.69, 9.17) is 11.6 Å². The lowest BCUT2D eigenvalue weighted by atomic mass is 10.2. The van der Waals surface area contributed by atoms with E-state index in [9.17, 15) is 9.59 Å². The predicted octanol–water partition coefficient (Wildman–Crippen LogP) is 3.57. The SMILES string of the molecule is Cc1csc(NC(=O)c2cccn(Cc3ccc(Cl)cc3)c2=O)n1. The van der Waals surface area contributed by atoms with Gasteiger partial charge in [-0.15, -0.1) is 11.3 Å². The number of amides is 1. The van der Waals surface area contributed by atoms with Gasteiger partial charge in [-0.05, 0) is 36.8 Å². The van der Waals surface area contributed by atoms with Crippen molar-refractivity contribution in [2.45, 2.75) is 13.5 Å². The first-order chi connectivity index (χ1) is 11.5. The fraction of sp³-hybridized carbons (Fsp3) is 0.118. The van der Waals surface area contributed by atoms with Crippen molar-refractivity contribution >= 4 is 34.0 Å². The number of anilines is 1. The molecule has 0 atom stereocenters. The topological polar surface area (TPSA) is 64.0 Å². The van der Waals surface area contributed by atoms with Gasteiger partial charge in [0, 0.05) is 16.6 Å². The molecular weight excluding hydrogens is 346 g/mol.